The van der Waals surface area contributed by atoms with Gasteiger partial charge in [-0.2, -0.15) is 0 Å². The average molecular weight is 284 g/mol. The van der Waals surface area contributed by atoms with Gasteiger partial charge < -0.3 is 20.1 Å². The molecule has 0 spiro atoms. The molecule has 4 nitrogen and oxygen atoms in total. The van der Waals surface area contributed by atoms with Crippen molar-refractivity contribution in [3.63, 3.8) is 0 Å². The van der Waals surface area contributed by atoms with Crippen molar-refractivity contribution < 1.29 is 9.47 Å². The standard InChI is InChI=1S/C16H32N2O2/c1-19-12-13-20-11-5-10-18-16-8-4-6-14(16)15-7-2-3-9-17-15/h14-18H,2-13H2,1H3. The second-order valence-electron chi connectivity index (χ2n) is 6.17. The highest BCUT2D eigenvalue weighted by atomic mass is 16.5. The van der Waals surface area contributed by atoms with E-state index in [1.807, 2.05) is 0 Å². The van der Waals surface area contributed by atoms with Crippen molar-refractivity contribution >= 4 is 0 Å². The van der Waals surface area contributed by atoms with E-state index >= 15 is 0 Å². The summed E-state index contributed by atoms with van der Waals surface area (Å²) in [6.45, 7) is 4.57. The van der Waals surface area contributed by atoms with Gasteiger partial charge in [0.25, 0.3) is 0 Å². The van der Waals surface area contributed by atoms with Crippen LogP contribution < -0.4 is 10.6 Å². The third kappa shape index (κ3) is 5.32. The van der Waals surface area contributed by atoms with Gasteiger partial charge in [0.2, 0.25) is 0 Å². The van der Waals surface area contributed by atoms with Crippen molar-refractivity contribution in [1.29, 1.82) is 0 Å². The van der Waals surface area contributed by atoms with E-state index in [-0.39, 0.29) is 0 Å². The topological polar surface area (TPSA) is 42.5 Å². The summed E-state index contributed by atoms with van der Waals surface area (Å²) in [6.07, 6.45) is 9.40. The number of hydrogen-bond acceptors (Lipinski definition) is 4. The average Bonchev–Trinajstić information content (AvgIpc) is 2.96. The Bertz CT molecular complexity index is 245. The summed E-state index contributed by atoms with van der Waals surface area (Å²) in [5.74, 6) is 0.852. The van der Waals surface area contributed by atoms with Crippen LogP contribution in [0, 0.1) is 5.92 Å². The van der Waals surface area contributed by atoms with Crippen LogP contribution in [-0.4, -0.2) is 52.1 Å². The zero-order chi connectivity index (χ0) is 14.0. The van der Waals surface area contributed by atoms with Crippen molar-refractivity contribution in [3.8, 4) is 0 Å². The van der Waals surface area contributed by atoms with Gasteiger partial charge >= 0.3 is 0 Å². The van der Waals surface area contributed by atoms with Crippen molar-refractivity contribution in [2.75, 3.05) is 40.0 Å². The minimum Gasteiger partial charge on any atom is -0.382 e. The van der Waals surface area contributed by atoms with Gasteiger partial charge in [-0.1, -0.05) is 12.8 Å². The second-order valence-corrected chi connectivity index (χ2v) is 6.17. The van der Waals surface area contributed by atoms with Crippen molar-refractivity contribution in [3.05, 3.63) is 0 Å². The Morgan fingerprint density at radius 1 is 1.05 bits per heavy atom. The Labute approximate surface area is 124 Å². The summed E-state index contributed by atoms with van der Waals surface area (Å²) in [5, 5.41) is 7.51. The first-order valence-electron chi connectivity index (χ1n) is 8.45. The molecule has 1 saturated heterocycles. The molecule has 1 saturated carbocycles. The molecule has 20 heavy (non-hydrogen) atoms. The summed E-state index contributed by atoms with van der Waals surface area (Å²) in [6, 6.07) is 1.49. The highest BCUT2D eigenvalue weighted by Crippen LogP contribution is 2.31. The maximum atomic E-state index is 5.50. The monoisotopic (exact) mass is 284 g/mol. The zero-order valence-corrected chi connectivity index (χ0v) is 13.0. The van der Waals surface area contributed by atoms with Crippen LogP contribution in [0.3, 0.4) is 0 Å². The van der Waals surface area contributed by atoms with Crippen molar-refractivity contribution in [2.24, 2.45) is 5.92 Å². The van der Waals surface area contributed by atoms with Gasteiger partial charge in [0, 0.05) is 25.8 Å². The molecular formula is C16H32N2O2. The van der Waals surface area contributed by atoms with Crippen LogP contribution in [0.4, 0.5) is 0 Å². The number of methoxy groups -OCH3 is 1. The third-order valence-electron chi connectivity index (χ3n) is 4.74. The SMILES string of the molecule is COCCOCCCNC1CCCC1C1CCCCN1. The van der Waals surface area contributed by atoms with Gasteiger partial charge in [0.15, 0.2) is 0 Å². The molecule has 0 amide bonds. The predicted molar refractivity (Wildman–Crippen MR) is 82.1 cm³/mol. The molecule has 2 fully saturated rings. The number of hydrogen-bond donors (Lipinski definition) is 2. The van der Waals surface area contributed by atoms with Gasteiger partial charge in [0.1, 0.15) is 0 Å². The van der Waals surface area contributed by atoms with Gasteiger partial charge in [-0.05, 0) is 51.1 Å². The fourth-order valence-corrected chi connectivity index (χ4v) is 3.67. The Morgan fingerprint density at radius 3 is 2.80 bits per heavy atom. The molecule has 0 aromatic rings. The molecule has 2 aliphatic rings. The molecule has 0 bridgehead atoms. The van der Waals surface area contributed by atoms with E-state index in [1.54, 1.807) is 7.11 Å². The Balaban J connectivity index is 1.57. The lowest BCUT2D eigenvalue weighted by molar-refractivity contribution is 0.0690. The molecule has 2 rings (SSSR count). The van der Waals surface area contributed by atoms with Crippen LogP contribution >= 0.6 is 0 Å². The quantitative estimate of drug-likeness (QED) is 0.635. The van der Waals surface area contributed by atoms with Crippen LogP contribution in [0.25, 0.3) is 0 Å². The van der Waals surface area contributed by atoms with Gasteiger partial charge in [0.05, 0.1) is 13.2 Å². The summed E-state index contributed by atoms with van der Waals surface area (Å²) in [7, 11) is 1.71. The second kappa shape index (κ2) is 9.72. The Kier molecular flexibility index (Phi) is 7.88. The van der Waals surface area contributed by atoms with E-state index in [9.17, 15) is 0 Å². The first kappa shape index (κ1) is 16.2. The van der Waals surface area contributed by atoms with E-state index < -0.39 is 0 Å². The summed E-state index contributed by atoms with van der Waals surface area (Å²) < 4.78 is 10.5. The van der Waals surface area contributed by atoms with Crippen molar-refractivity contribution in [1.82, 2.24) is 10.6 Å². The van der Waals surface area contributed by atoms with Crippen LogP contribution in [0.15, 0.2) is 0 Å². The maximum Gasteiger partial charge on any atom is 0.0700 e. The molecule has 1 aliphatic carbocycles. The normalized spacial score (nSPS) is 30.8. The first-order chi connectivity index (χ1) is 9.92. The van der Waals surface area contributed by atoms with E-state index in [0.29, 0.717) is 13.2 Å². The highest BCUT2D eigenvalue weighted by molar-refractivity contribution is 4.92. The highest BCUT2D eigenvalue weighted by Gasteiger charge is 2.33. The lowest BCUT2D eigenvalue weighted by atomic mass is 9.88. The summed E-state index contributed by atoms with van der Waals surface area (Å²) in [5.41, 5.74) is 0. The Morgan fingerprint density at radius 2 is 2.00 bits per heavy atom. The van der Waals surface area contributed by atoms with Gasteiger partial charge in [-0.25, -0.2) is 0 Å². The Hall–Kier alpha value is -0.160. The molecule has 0 aromatic heterocycles. The van der Waals surface area contributed by atoms with E-state index in [4.69, 9.17) is 9.47 Å². The van der Waals surface area contributed by atoms with E-state index in [1.165, 1.54) is 45.1 Å². The smallest absolute Gasteiger partial charge is 0.0700 e. The minimum atomic E-state index is 0.700. The predicted octanol–water partition coefficient (Wildman–Crippen LogP) is 1.94. The fraction of sp³-hybridized carbons (Fsp3) is 1.00. The fourth-order valence-electron chi connectivity index (χ4n) is 3.67. The van der Waals surface area contributed by atoms with Crippen LogP contribution in [-0.2, 0) is 9.47 Å². The molecule has 1 heterocycles. The maximum absolute atomic E-state index is 5.50. The van der Waals surface area contributed by atoms with Crippen LogP contribution in [0.5, 0.6) is 0 Å². The molecule has 118 valence electrons. The lowest BCUT2D eigenvalue weighted by Gasteiger charge is -2.33. The minimum absolute atomic E-state index is 0.700. The molecule has 3 atom stereocenters. The van der Waals surface area contributed by atoms with Gasteiger partial charge in [-0.3, -0.25) is 0 Å². The molecule has 1 aliphatic heterocycles. The molecule has 3 unspecified atom stereocenters. The molecule has 2 N–H and O–H groups in total. The van der Waals surface area contributed by atoms with E-state index in [2.05, 4.69) is 10.6 Å². The third-order valence-corrected chi connectivity index (χ3v) is 4.74. The zero-order valence-electron chi connectivity index (χ0n) is 13.0. The van der Waals surface area contributed by atoms with Crippen LogP contribution in [0.2, 0.25) is 0 Å². The van der Waals surface area contributed by atoms with Crippen molar-refractivity contribution in [2.45, 2.75) is 57.0 Å². The molecule has 0 radical (unpaired) electrons. The largest absolute Gasteiger partial charge is 0.382 e. The molecule has 4 heteroatoms. The summed E-state index contributed by atoms with van der Waals surface area (Å²) in [4.78, 5) is 0. The number of rotatable bonds is 9. The molecule has 0 aromatic carbocycles. The number of nitrogens with one attached hydrogen (secondary N) is 2. The van der Waals surface area contributed by atoms with Crippen LogP contribution in [0.1, 0.15) is 44.9 Å². The molecular weight excluding hydrogens is 252 g/mol. The number of piperidine rings is 1. The number of ether oxygens (including phenoxy) is 2. The summed E-state index contributed by atoms with van der Waals surface area (Å²) >= 11 is 0. The van der Waals surface area contributed by atoms with E-state index in [0.717, 1.165) is 37.6 Å². The lowest BCUT2D eigenvalue weighted by Crippen LogP contribution is -2.47. The first-order valence-corrected chi connectivity index (χ1v) is 8.45. The van der Waals surface area contributed by atoms with Gasteiger partial charge in [-0.15, -0.1) is 0 Å².